The van der Waals surface area contributed by atoms with Crippen molar-refractivity contribution in [3.8, 4) is 0 Å². The van der Waals surface area contributed by atoms with Crippen LogP contribution >= 0.6 is 12.2 Å². The van der Waals surface area contributed by atoms with E-state index >= 15 is 0 Å². The van der Waals surface area contributed by atoms with Crippen molar-refractivity contribution in [1.29, 1.82) is 0 Å². The van der Waals surface area contributed by atoms with Crippen molar-refractivity contribution in [2.75, 3.05) is 20.1 Å². The van der Waals surface area contributed by atoms with E-state index < -0.39 is 5.41 Å². The second-order valence-electron chi connectivity index (χ2n) is 4.74. The Labute approximate surface area is 113 Å². The highest BCUT2D eigenvalue weighted by Gasteiger charge is 2.43. The van der Waals surface area contributed by atoms with Crippen molar-refractivity contribution in [3.05, 3.63) is 0 Å². The first kappa shape index (κ1) is 14.9. The zero-order valence-electron chi connectivity index (χ0n) is 11.0. The number of nitrogens with two attached hydrogens (primary N) is 1. The van der Waals surface area contributed by atoms with Gasteiger partial charge in [0.1, 0.15) is 0 Å². The number of hydrogen-bond donors (Lipinski definition) is 2. The smallest absolute Gasteiger partial charge is 0.241 e. The first-order valence-corrected chi connectivity index (χ1v) is 6.67. The van der Waals surface area contributed by atoms with Gasteiger partial charge in [-0.1, -0.05) is 25.1 Å². The van der Waals surface area contributed by atoms with E-state index in [1.165, 1.54) is 0 Å². The van der Waals surface area contributed by atoms with Crippen molar-refractivity contribution in [1.82, 2.24) is 10.2 Å². The Morgan fingerprint density at radius 2 is 1.94 bits per heavy atom. The summed E-state index contributed by atoms with van der Waals surface area (Å²) in [5.74, 6) is -0.313. The third kappa shape index (κ3) is 2.98. The van der Waals surface area contributed by atoms with Gasteiger partial charge in [0.2, 0.25) is 11.8 Å². The number of nitrogens with zero attached hydrogens (tertiary/aromatic N) is 1. The van der Waals surface area contributed by atoms with Gasteiger partial charge in [0, 0.05) is 13.6 Å². The molecule has 3 N–H and O–H groups in total. The van der Waals surface area contributed by atoms with Gasteiger partial charge in [-0.25, -0.2) is 0 Å². The second-order valence-corrected chi connectivity index (χ2v) is 5.18. The molecular weight excluding hydrogens is 250 g/mol. The van der Waals surface area contributed by atoms with Gasteiger partial charge in [0.25, 0.3) is 0 Å². The average Bonchev–Trinajstić information content (AvgIpc) is 2.84. The minimum Gasteiger partial charge on any atom is -0.392 e. The molecule has 102 valence electrons. The molecule has 0 saturated heterocycles. The van der Waals surface area contributed by atoms with E-state index in [2.05, 4.69) is 5.32 Å². The van der Waals surface area contributed by atoms with E-state index in [0.29, 0.717) is 19.4 Å². The Hall–Kier alpha value is -1.17. The highest BCUT2D eigenvalue weighted by Crippen LogP contribution is 2.38. The quantitative estimate of drug-likeness (QED) is 0.711. The summed E-state index contributed by atoms with van der Waals surface area (Å²) in [5.41, 5.74) is 4.97. The van der Waals surface area contributed by atoms with Crippen LogP contribution in [-0.4, -0.2) is 41.8 Å². The van der Waals surface area contributed by atoms with Gasteiger partial charge in [-0.15, -0.1) is 0 Å². The van der Waals surface area contributed by atoms with Gasteiger partial charge in [0.15, 0.2) is 0 Å². The van der Waals surface area contributed by atoms with E-state index in [-0.39, 0.29) is 23.3 Å². The van der Waals surface area contributed by atoms with E-state index in [4.69, 9.17) is 18.0 Å². The SMILES string of the molecule is CCN(C)C(=O)CNC(=O)C1(C(N)=S)CCCC1. The van der Waals surface area contributed by atoms with E-state index in [1.807, 2.05) is 6.92 Å². The lowest BCUT2D eigenvalue weighted by Gasteiger charge is -2.26. The number of thiocarbonyl (C=S) groups is 1. The summed E-state index contributed by atoms with van der Waals surface area (Å²) >= 11 is 5.02. The van der Waals surface area contributed by atoms with Crippen LogP contribution in [0.25, 0.3) is 0 Å². The fourth-order valence-corrected chi connectivity index (χ4v) is 2.50. The van der Waals surface area contributed by atoms with Gasteiger partial charge in [0.05, 0.1) is 16.9 Å². The maximum absolute atomic E-state index is 12.2. The molecule has 0 aromatic heterocycles. The highest BCUT2D eigenvalue weighted by molar-refractivity contribution is 7.80. The summed E-state index contributed by atoms with van der Waals surface area (Å²) in [6, 6.07) is 0. The zero-order chi connectivity index (χ0) is 13.8. The van der Waals surface area contributed by atoms with Crippen molar-refractivity contribution in [3.63, 3.8) is 0 Å². The molecule has 6 heteroatoms. The maximum Gasteiger partial charge on any atom is 0.241 e. The fourth-order valence-electron chi connectivity index (χ4n) is 2.20. The molecule has 0 atom stereocenters. The van der Waals surface area contributed by atoms with Crippen LogP contribution in [0.3, 0.4) is 0 Å². The van der Waals surface area contributed by atoms with Crippen LogP contribution in [0.1, 0.15) is 32.6 Å². The predicted molar refractivity (Wildman–Crippen MR) is 74.0 cm³/mol. The molecule has 0 spiro atoms. The van der Waals surface area contributed by atoms with Gasteiger partial charge in [-0.3, -0.25) is 9.59 Å². The molecule has 0 unspecified atom stereocenters. The molecule has 0 aromatic carbocycles. The van der Waals surface area contributed by atoms with Gasteiger partial charge in [-0.05, 0) is 19.8 Å². The molecule has 0 aromatic rings. The molecule has 0 heterocycles. The molecule has 5 nitrogen and oxygen atoms in total. The lowest BCUT2D eigenvalue weighted by molar-refractivity contribution is -0.133. The molecule has 1 rings (SSSR count). The van der Waals surface area contributed by atoms with Crippen LogP contribution < -0.4 is 11.1 Å². The first-order chi connectivity index (χ1) is 8.44. The minimum absolute atomic E-state index is 0.00748. The summed E-state index contributed by atoms with van der Waals surface area (Å²) in [5, 5.41) is 2.66. The standard InChI is InChI=1S/C12H21N3O2S/c1-3-15(2)9(16)8-14-11(17)12(10(13)18)6-4-5-7-12/h3-8H2,1-2H3,(H2,13,18)(H,14,17). The molecule has 0 radical (unpaired) electrons. The van der Waals surface area contributed by atoms with Gasteiger partial charge >= 0.3 is 0 Å². The number of carbonyl (C=O) groups excluding carboxylic acids is 2. The molecule has 1 fully saturated rings. The van der Waals surface area contributed by atoms with Crippen molar-refractivity contribution in [2.24, 2.45) is 11.1 Å². The van der Waals surface area contributed by atoms with E-state index in [1.54, 1.807) is 11.9 Å². The lowest BCUT2D eigenvalue weighted by Crippen LogP contribution is -2.49. The summed E-state index contributed by atoms with van der Waals surface area (Å²) in [7, 11) is 1.70. The number of rotatable bonds is 5. The fraction of sp³-hybridized carbons (Fsp3) is 0.750. The van der Waals surface area contributed by atoms with E-state index in [0.717, 1.165) is 12.8 Å². The van der Waals surface area contributed by atoms with Crippen LogP contribution in [0.4, 0.5) is 0 Å². The summed E-state index contributed by atoms with van der Waals surface area (Å²) in [6.07, 6.45) is 3.28. The van der Waals surface area contributed by atoms with Crippen LogP contribution in [0, 0.1) is 5.41 Å². The Balaban J connectivity index is 2.59. The number of hydrogen-bond acceptors (Lipinski definition) is 3. The first-order valence-electron chi connectivity index (χ1n) is 6.26. The molecule has 18 heavy (non-hydrogen) atoms. The Kier molecular flexibility index (Phi) is 5.07. The molecule has 2 amide bonds. The van der Waals surface area contributed by atoms with Crippen LogP contribution in [0.2, 0.25) is 0 Å². The van der Waals surface area contributed by atoms with Crippen LogP contribution in [-0.2, 0) is 9.59 Å². The number of likely N-dealkylation sites (N-methyl/N-ethyl adjacent to an activating group) is 1. The minimum atomic E-state index is -0.736. The number of amides is 2. The maximum atomic E-state index is 12.2. The van der Waals surface area contributed by atoms with Crippen LogP contribution in [0.5, 0.6) is 0 Å². The topological polar surface area (TPSA) is 75.4 Å². The number of carbonyl (C=O) groups is 2. The van der Waals surface area contributed by atoms with Crippen LogP contribution in [0.15, 0.2) is 0 Å². The average molecular weight is 271 g/mol. The monoisotopic (exact) mass is 271 g/mol. The van der Waals surface area contributed by atoms with Crippen molar-refractivity contribution in [2.45, 2.75) is 32.6 Å². The Morgan fingerprint density at radius 3 is 2.39 bits per heavy atom. The highest BCUT2D eigenvalue weighted by atomic mass is 32.1. The Morgan fingerprint density at radius 1 is 1.39 bits per heavy atom. The van der Waals surface area contributed by atoms with Gasteiger partial charge < -0.3 is 16.0 Å². The third-order valence-electron chi connectivity index (χ3n) is 3.66. The summed E-state index contributed by atoms with van der Waals surface area (Å²) in [6.45, 7) is 2.51. The van der Waals surface area contributed by atoms with Gasteiger partial charge in [-0.2, -0.15) is 0 Å². The van der Waals surface area contributed by atoms with Crippen molar-refractivity contribution < 1.29 is 9.59 Å². The normalized spacial score (nSPS) is 17.2. The summed E-state index contributed by atoms with van der Waals surface area (Å²) in [4.78, 5) is 25.6. The largest absolute Gasteiger partial charge is 0.392 e. The van der Waals surface area contributed by atoms with E-state index in [9.17, 15) is 9.59 Å². The lowest BCUT2D eigenvalue weighted by atomic mass is 9.85. The van der Waals surface area contributed by atoms with Crippen molar-refractivity contribution >= 4 is 29.0 Å². The zero-order valence-corrected chi connectivity index (χ0v) is 11.8. The molecule has 1 aliphatic carbocycles. The Bertz CT molecular complexity index is 351. The predicted octanol–water partition coefficient (Wildman–Crippen LogP) is 0.427. The second kappa shape index (κ2) is 6.13. The number of nitrogens with one attached hydrogen (secondary N) is 1. The summed E-state index contributed by atoms with van der Waals surface area (Å²) < 4.78 is 0. The third-order valence-corrected chi connectivity index (χ3v) is 4.05. The molecule has 0 aliphatic heterocycles. The molecule has 1 saturated carbocycles. The molecular formula is C12H21N3O2S. The molecule has 0 bridgehead atoms. The molecule has 1 aliphatic rings.